The number of carbonyl (C=O) groups is 2. The van der Waals surface area contributed by atoms with Crippen LogP contribution >= 0.6 is 0 Å². The highest BCUT2D eigenvalue weighted by Crippen LogP contribution is 2.26. The quantitative estimate of drug-likeness (QED) is 0.752. The molecule has 0 saturated heterocycles. The zero-order valence-electron chi connectivity index (χ0n) is 10.6. The van der Waals surface area contributed by atoms with E-state index in [1.807, 2.05) is 12.2 Å². The Kier molecular flexibility index (Phi) is 4.39. The molecule has 0 bridgehead atoms. The van der Waals surface area contributed by atoms with Crippen molar-refractivity contribution in [3.63, 3.8) is 0 Å². The van der Waals surface area contributed by atoms with Crippen LogP contribution in [0.25, 0.3) is 0 Å². The van der Waals surface area contributed by atoms with Gasteiger partial charge in [0.05, 0.1) is 0 Å². The highest BCUT2D eigenvalue weighted by atomic mass is 16.4. The van der Waals surface area contributed by atoms with Crippen molar-refractivity contribution in [2.24, 2.45) is 11.8 Å². The highest BCUT2D eigenvalue weighted by Gasteiger charge is 2.31. The van der Waals surface area contributed by atoms with E-state index in [9.17, 15) is 14.7 Å². The first-order valence-corrected chi connectivity index (χ1v) is 6.84. The Morgan fingerprint density at radius 2 is 1.61 bits per heavy atom. The number of allylic oxidation sites excluding steroid dienone is 2. The standard InChI is InChI=1S/C14H21NO3/c16-13(15-10-6-2-1-3-7-10)11-8-4-5-9-12(11)14(17)18/h4-5,10-12H,1-3,6-9H2,(H,15,16)(H,17,18)/p-1/t11-,12-/m1/s1. The van der Waals surface area contributed by atoms with Gasteiger partial charge in [0.1, 0.15) is 0 Å². The van der Waals surface area contributed by atoms with E-state index >= 15 is 0 Å². The summed E-state index contributed by atoms with van der Waals surface area (Å²) in [6, 6.07) is 0.236. The number of carboxylic acid groups (broad SMARTS) is 1. The van der Waals surface area contributed by atoms with Gasteiger partial charge >= 0.3 is 0 Å². The summed E-state index contributed by atoms with van der Waals surface area (Å²) in [5, 5.41) is 14.0. The summed E-state index contributed by atoms with van der Waals surface area (Å²) in [6.07, 6.45) is 10.2. The zero-order valence-corrected chi connectivity index (χ0v) is 10.6. The predicted octanol–water partition coefficient (Wildman–Crippen LogP) is 0.768. The van der Waals surface area contributed by atoms with Crippen LogP contribution in [-0.4, -0.2) is 17.9 Å². The summed E-state index contributed by atoms with van der Waals surface area (Å²) in [4.78, 5) is 23.2. The minimum absolute atomic E-state index is 0.111. The van der Waals surface area contributed by atoms with E-state index < -0.39 is 17.8 Å². The molecule has 0 aliphatic heterocycles. The number of carboxylic acids is 1. The zero-order chi connectivity index (χ0) is 13.0. The van der Waals surface area contributed by atoms with Crippen molar-refractivity contribution in [3.05, 3.63) is 12.2 Å². The van der Waals surface area contributed by atoms with Gasteiger partial charge in [0, 0.05) is 23.8 Å². The number of hydrogen-bond donors (Lipinski definition) is 1. The summed E-state index contributed by atoms with van der Waals surface area (Å²) in [5.74, 6) is -2.34. The SMILES string of the molecule is O=C([O-])[C@@H]1CC=CC[C@H]1C(=O)NC1CCCCC1. The van der Waals surface area contributed by atoms with Gasteiger partial charge in [-0.2, -0.15) is 0 Å². The Balaban J connectivity index is 1.93. The molecule has 0 spiro atoms. The molecule has 100 valence electrons. The smallest absolute Gasteiger partial charge is 0.224 e. The molecule has 2 aliphatic carbocycles. The van der Waals surface area contributed by atoms with E-state index in [1.165, 1.54) is 6.42 Å². The largest absolute Gasteiger partial charge is 0.550 e. The number of rotatable bonds is 3. The van der Waals surface area contributed by atoms with E-state index in [0.717, 1.165) is 25.7 Å². The summed E-state index contributed by atoms with van der Waals surface area (Å²) in [6.45, 7) is 0. The molecule has 1 amide bonds. The molecule has 18 heavy (non-hydrogen) atoms. The molecule has 0 heterocycles. The minimum atomic E-state index is -1.11. The average Bonchev–Trinajstić information content (AvgIpc) is 2.40. The number of nitrogens with one attached hydrogen (secondary N) is 1. The molecule has 1 fully saturated rings. The highest BCUT2D eigenvalue weighted by molar-refractivity contribution is 5.84. The van der Waals surface area contributed by atoms with Gasteiger partial charge in [-0.1, -0.05) is 31.4 Å². The van der Waals surface area contributed by atoms with Crippen LogP contribution in [0, 0.1) is 11.8 Å². The Labute approximate surface area is 107 Å². The fourth-order valence-corrected chi connectivity index (χ4v) is 2.92. The van der Waals surface area contributed by atoms with E-state index in [2.05, 4.69) is 5.32 Å². The Morgan fingerprint density at radius 3 is 2.22 bits per heavy atom. The molecule has 0 unspecified atom stereocenters. The lowest BCUT2D eigenvalue weighted by Gasteiger charge is -2.31. The van der Waals surface area contributed by atoms with Gasteiger partial charge in [-0.25, -0.2) is 0 Å². The molecule has 4 nitrogen and oxygen atoms in total. The van der Waals surface area contributed by atoms with Crippen LogP contribution in [0.4, 0.5) is 0 Å². The lowest BCUT2D eigenvalue weighted by atomic mass is 9.82. The summed E-state index contributed by atoms with van der Waals surface area (Å²) in [5.41, 5.74) is 0. The summed E-state index contributed by atoms with van der Waals surface area (Å²) < 4.78 is 0. The fourth-order valence-electron chi connectivity index (χ4n) is 2.92. The third-order valence-electron chi connectivity index (χ3n) is 4.02. The van der Waals surface area contributed by atoms with Crippen LogP contribution in [0.3, 0.4) is 0 Å². The second-order valence-corrected chi connectivity index (χ2v) is 5.32. The first-order chi connectivity index (χ1) is 8.68. The topological polar surface area (TPSA) is 69.2 Å². The molecule has 2 aliphatic rings. The van der Waals surface area contributed by atoms with E-state index in [4.69, 9.17) is 0 Å². The number of aliphatic carboxylic acids is 1. The minimum Gasteiger partial charge on any atom is -0.550 e. The van der Waals surface area contributed by atoms with Crippen molar-refractivity contribution in [3.8, 4) is 0 Å². The van der Waals surface area contributed by atoms with Crippen LogP contribution in [-0.2, 0) is 9.59 Å². The molecule has 4 heteroatoms. The predicted molar refractivity (Wildman–Crippen MR) is 65.4 cm³/mol. The van der Waals surface area contributed by atoms with Gasteiger partial charge in [-0.15, -0.1) is 0 Å². The lowest BCUT2D eigenvalue weighted by Crippen LogP contribution is -2.46. The van der Waals surface area contributed by atoms with Crippen molar-refractivity contribution < 1.29 is 14.7 Å². The van der Waals surface area contributed by atoms with Crippen molar-refractivity contribution in [1.82, 2.24) is 5.32 Å². The fraction of sp³-hybridized carbons (Fsp3) is 0.714. The van der Waals surface area contributed by atoms with Crippen molar-refractivity contribution >= 4 is 11.9 Å². The van der Waals surface area contributed by atoms with Crippen LogP contribution in [0.2, 0.25) is 0 Å². The maximum Gasteiger partial charge on any atom is 0.224 e. The average molecular weight is 250 g/mol. The van der Waals surface area contributed by atoms with Gasteiger partial charge in [0.2, 0.25) is 5.91 Å². The molecule has 2 rings (SSSR count). The molecule has 1 saturated carbocycles. The Morgan fingerprint density at radius 1 is 1.00 bits per heavy atom. The molecule has 0 aromatic carbocycles. The second-order valence-electron chi connectivity index (χ2n) is 5.32. The first kappa shape index (κ1) is 13.1. The summed E-state index contributed by atoms with van der Waals surface area (Å²) in [7, 11) is 0. The Bertz CT molecular complexity index is 345. The molecule has 1 N–H and O–H groups in total. The van der Waals surface area contributed by atoms with Crippen molar-refractivity contribution in [2.45, 2.75) is 51.0 Å². The van der Waals surface area contributed by atoms with Crippen LogP contribution in [0.1, 0.15) is 44.9 Å². The van der Waals surface area contributed by atoms with E-state index in [1.54, 1.807) is 0 Å². The first-order valence-electron chi connectivity index (χ1n) is 6.84. The van der Waals surface area contributed by atoms with Crippen LogP contribution in [0.5, 0.6) is 0 Å². The molecular formula is C14H20NO3-. The van der Waals surface area contributed by atoms with Gasteiger partial charge < -0.3 is 15.2 Å². The van der Waals surface area contributed by atoms with E-state index in [0.29, 0.717) is 12.8 Å². The monoisotopic (exact) mass is 250 g/mol. The molecule has 0 aromatic rings. The Hall–Kier alpha value is -1.32. The lowest BCUT2D eigenvalue weighted by molar-refractivity contribution is -0.313. The normalized spacial score (nSPS) is 28.9. The van der Waals surface area contributed by atoms with Gasteiger partial charge in [0.15, 0.2) is 0 Å². The van der Waals surface area contributed by atoms with Gasteiger partial charge in [-0.3, -0.25) is 4.79 Å². The maximum absolute atomic E-state index is 12.1. The third-order valence-corrected chi connectivity index (χ3v) is 4.02. The number of amides is 1. The summed E-state index contributed by atoms with van der Waals surface area (Å²) >= 11 is 0. The number of carbonyl (C=O) groups excluding carboxylic acids is 2. The molecule has 0 radical (unpaired) electrons. The van der Waals surface area contributed by atoms with Crippen LogP contribution < -0.4 is 10.4 Å². The van der Waals surface area contributed by atoms with Gasteiger partial charge in [0.25, 0.3) is 0 Å². The van der Waals surface area contributed by atoms with Crippen molar-refractivity contribution in [2.75, 3.05) is 0 Å². The molecule has 2 atom stereocenters. The van der Waals surface area contributed by atoms with Gasteiger partial charge in [-0.05, 0) is 25.7 Å². The van der Waals surface area contributed by atoms with Crippen LogP contribution in [0.15, 0.2) is 12.2 Å². The van der Waals surface area contributed by atoms with E-state index in [-0.39, 0.29) is 11.9 Å². The molecular weight excluding hydrogens is 230 g/mol. The molecule has 0 aromatic heterocycles. The van der Waals surface area contributed by atoms with Crippen molar-refractivity contribution in [1.29, 1.82) is 0 Å². The second kappa shape index (κ2) is 6.03. The number of hydrogen-bond acceptors (Lipinski definition) is 3. The maximum atomic E-state index is 12.1. The third kappa shape index (κ3) is 3.12.